The van der Waals surface area contributed by atoms with Crippen LogP contribution in [-0.4, -0.2) is 61.1 Å². The number of rotatable bonds is 4. The van der Waals surface area contributed by atoms with E-state index < -0.39 is 0 Å². The number of pyridine rings is 1. The molecule has 1 fully saturated rings. The molecule has 3 aromatic heterocycles. The topological polar surface area (TPSA) is 54.5 Å². The lowest BCUT2D eigenvalue weighted by atomic mass is 10.1. The fourth-order valence-corrected chi connectivity index (χ4v) is 4.17. The van der Waals surface area contributed by atoms with Crippen LogP contribution in [0.15, 0.2) is 55.0 Å². The minimum atomic E-state index is -0.246. The third-order valence-electron chi connectivity index (χ3n) is 5.81. The second kappa shape index (κ2) is 7.62. The van der Waals surface area contributed by atoms with Crippen LogP contribution in [0.4, 0.5) is 4.39 Å². The Hall–Kier alpha value is -3.10. The number of nitrogens with zero attached hydrogens (tertiary/aromatic N) is 7. The first-order valence-corrected chi connectivity index (χ1v) is 10.1. The number of benzene rings is 1. The van der Waals surface area contributed by atoms with Crippen LogP contribution in [0.5, 0.6) is 0 Å². The van der Waals surface area contributed by atoms with E-state index in [1.165, 1.54) is 17.7 Å². The maximum Gasteiger partial charge on any atom is 0.123 e. The van der Waals surface area contributed by atoms with Crippen molar-refractivity contribution in [3.8, 4) is 11.1 Å². The van der Waals surface area contributed by atoms with Gasteiger partial charge in [-0.25, -0.2) is 8.91 Å². The zero-order valence-corrected chi connectivity index (χ0v) is 17.1. The zero-order chi connectivity index (χ0) is 20.7. The molecular formula is C22H24FN7. The molecule has 5 rings (SSSR count). The normalized spacial score (nSPS) is 18.3. The van der Waals surface area contributed by atoms with Crippen molar-refractivity contribution in [1.82, 2.24) is 34.4 Å². The summed E-state index contributed by atoms with van der Waals surface area (Å²) in [5.74, 6) is -0.246. The highest BCUT2D eigenvalue weighted by atomic mass is 19.1. The summed E-state index contributed by atoms with van der Waals surface area (Å²) in [6.45, 7) is 3.72. The Kier molecular flexibility index (Phi) is 4.80. The first-order valence-electron chi connectivity index (χ1n) is 10.1. The molecule has 4 aromatic rings. The van der Waals surface area contributed by atoms with Crippen LogP contribution < -0.4 is 0 Å². The van der Waals surface area contributed by atoms with E-state index >= 15 is 0 Å². The van der Waals surface area contributed by atoms with Crippen molar-refractivity contribution in [2.45, 2.75) is 12.6 Å². The lowest BCUT2D eigenvalue weighted by molar-refractivity contribution is 0.0889. The molecule has 1 aliphatic heterocycles. The average Bonchev–Trinajstić information content (AvgIpc) is 3.35. The molecule has 0 spiro atoms. The second-order valence-electron chi connectivity index (χ2n) is 7.99. The van der Waals surface area contributed by atoms with Gasteiger partial charge in [-0.15, -0.1) is 5.10 Å². The summed E-state index contributed by atoms with van der Waals surface area (Å²) in [5.41, 5.74) is 4.91. The van der Waals surface area contributed by atoms with E-state index in [1.54, 1.807) is 10.6 Å². The highest BCUT2D eigenvalue weighted by Gasteiger charge is 2.29. The number of piperazine rings is 1. The van der Waals surface area contributed by atoms with Gasteiger partial charge in [-0.3, -0.25) is 14.5 Å². The summed E-state index contributed by atoms with van der Waals surface area (Å²) >= 11 is 0. The Bertz CT molecular complexity index is 1180. The molecular weight excluding hydrogens is 381 g/mol. The van der Waals surface area contributed by atoms with Crippen molar-refractivity contribution < 1.29 is 4.39 Å². The standard InChI is InChI=1S/C22H24FN7/c1-27-8-9-29(13-16-11-24-28(2)12-16)15-21(27)22-20-7-6-18(14-30(20)26-25-22)17-4-3-5-19(23)10-17/h3-7,10-12,14,21H,8-9,13,15H2,1-2H3. The number of hydrogen-bond acceptors (Lipinski definition) is 5. The molecule has 0 amide bonds. The van der Waals surface area contributed by atoms with Crippen molar-refractivity contribution in [1.29, 1.82) is 0 Å². The van der Waals surface area contributed by atoms with Crippen LogP contribution in [0.3, 0.4) is 0 Å². The van der Waals surface area contributed by atoms with Crippen LogP contribution in [-0.2, 0) is 13.6 Å². The fraction of sp³-hybridized carbons (Fsp3) is 0.318. The number of aryl methyl sites for hydroxylation is 1. The van der Waals surface area contributed by atoms with Crippen LogP contribution in [0.1, 0.15) is 17.3 Å². The molecule has 1 aliphatic rings. The minimum absolute atomic E-state index is 0.160. The van der Waals surface area contributed by atoms with E-state index in [9.17, 15) is 4.39 Å². The number of hydrogen-bond donors (Lipinski definition) is 0. The van der Waals surface area contributed by atoms with Gasteiger partial charge in [0.2, 0.25) is 0 Å². The molecule has 30 heavy (non-hydrogen) atoms. The highest BCUT2D eigenvalue weighted by Crippen LogP contribution is 2.28. The molecule has 4 heterocycles. The Morgan fingerprint density at radius 2 is 1.97 bits per heavy atom. The van der Waals surface area contributed by atoms with Gasteiger partial charge in [0.05, 0.1) is 17.8 Å². The maximum absolute atomic E-state index is 13.6. The number of halogens is 1. The summed E-state index contributed by atoms with van der Waals surface area (Å²) in [6, 6.07) is 10.8. The largest absolute Gasteiger partial charge is 0.296 e. The molecule has 1 unspecified atom stereocenters. The van der Waals surface area contributed by atoms with Gasteiger partial charge in [-0.1, -0.05) is 23.4 Å². The summed E-state index contributed by atoms with van der Waals surface area (Å²) in [7, 11) is 4.08. The predicted octanol–water partition coefficient (Wildman–Crippen LogP) is 2.76. The van der Waals surface area contributed by atoms with Crippen molar-refractivity contribution >= 4 is 5.52 Å². The first kappa shape index (κ1) is 18.9. The maximum atomic E-state index is 13.6. The SMILES string of the molecule is CN1CCN(Cc2cnn(C)c2)CC1c1nnn2cc(-c3cccc(F)c3)ccc12. The lowest BCUT2D eigenvalue weighted by Crippen LogP contribution is -2.46. The second-order valence-corrected chi connectivity index (χ2v) is 7.99. The fourth-order valence-electron chi connectivity index (χ4n) is 4.17. The van der Waals surface area contributed by atoms with E-state index in [1.807, 2.05) is 42.3 Å². The van der Waals surface area contributed by atoms with Crippen LogP contribution in [0.2, 0.25) is 0 Å². The van der Waals surface area contributed by atoms with E-state index in [4.69, 9.17) is 0 Å². The Morgan fingerprint density at radius 3 is 2.77 bits per heavy atom. The summed E-state index contributed by atoms with van der Waals surface area (Å²) < 4.78 is 17.2. The molecule has 1 aromatic carbocycles. The highest BCUT2D eigenvalue weighted by molar-refractivity contribution is 5.66. The van der Waals surface area contributed by atoms with E-state index in [0.29, 0.717) is 0 Å². The predicted molar refractivity (Wildman–Crippen MR) is 112 cm³/mol. The zero-order valence-electron chi connectivity index (χ0n) is 17.1. The lowest BCUT2D eigenvalue weighted by Gasteiger charge is -2.38. The smallest absolute Gasteiger partial charge is 0.123 e. The van der Waals surface area contributed by atoms with Gasteiger partial charge < -0.3 is 0 Å². The number of aromatic nitrogens is 5. The third-order valence-corrected chi connectivity index (χ3v) is 5.81. The van der Waals surface area contributed by atoms with Crippen molar-refractivity contribution in [3.63, 3.8) is 0 Å². The average molecular weight is 405 g/mol. The number of fused-ring (bicyclic) bond motifs is 1. The van der Waals surface area contributed by atoms with Crippen LogP contribution in [0.25, 0.3) is 16.6 Å². The minimum Gasteiger partial charge on any atom is -0.296 e. The molecule has 7 nitrogen and oxygen atoms in total. The van der Waals surface area contributed by atoms with Gasteiger partial charge in [0.1, 0.15) is 11.5 Å². The Labute approximate surface area is 174 Å². The summed E-state index contributed by atoms with van der Waals surface area (Å²) in [4.78, 5) is 4.78. The van der Waals surface area contributed by atoms with E-state index in [2.05, 4.69) is 38.5 Å². The number of likely N-dealkylation sites (N-methyl/N-ethyl adjacent to an activating group) is 1. The molecule has 0 aliphatic carbocycles. The van der Waals surface area contributed by atoms with E-state index in [0.717, 1.165) is 48.5 Å². The van der Waals surface area contributed by atoms with Gasteiger partial charge in [-0.2, -0.15) is 5.10 Å². The molecule has 0 radical (unpaired) electrons. The van der Waals surface area contributed by atoms with Gasteiger partial charge in [0, 0.05) is 56.7 Å². The Morgan fingerprint density at radius 1 is 1.07 bits per heavy atom. The molecule has 1 atom stereocenters. The quantitative estimate of drug-likeness (QED) is 0.523. The Balaban J connectivity index is 1.41. The molecule has 0 saturated carbocycles. The monoisotopic (exact) mass is 405 g/mol. The summed E-state index contributed by atoms with van der Waals surface area (Å²) in [5, 5.41) is 13.2. The van der Waals surface area contributed by atoms with Crippen molar-refractivity contribution in [2.75, 3.05) is 26.7 Å². The van der Waals surface area contributed by atoms with Crippen molar-refractivity contribution in [3.05, 3.63) is 72.1 Å². The van der Waals surface area contributed by atoms with Crippen molar-refractivity contribution in [2.24, 2.45) is 7.05 Å². The first-order chi connectivity index (χ1) is 14.6. The molecule has 1 saturated heterocycles. The van der Waals surface area contributed by atoms with E-state index in [-0.39, 0.29) is 11.9 Å². The van der Waals surface area contributed by atoms with Crippen LogP contribution in [0, 0.1) is 5.82 Å². The molecule has 0 bridgehead atoms. The molecule has 0 N–H and O–H groups in total. The van der Waals surface area contributed by atoms with Crippen LogP contribution >= 0.6 is 0 Å². The summed E-state index contributed by atoms with van der Waals surface area (Å²) in [6.07, 6.45) is 5.90. The van der Waals surface area contributed by atoms with Gasteiger partial charge in [0.15, 0.2) is 0 Å². The van der Waals surface area contributed by atoms with Gasteiger partial charge >= 0.3 is 0 Å². The molecule has 154 valence electrons. The third kappa shape index (κ3) is 3.59. The molecule has 8 heteroatoms. The van der Waals surface area contributed by atoms with Gasteiger partial charge in [0.25, 0.3) is 0 Å². The van der Waals surface area contributed by atoms with Gasteiger partial charge in [-0.05, 0) is 30.8 Å².